The highest BCUT2D eigenvalue weighted by Gasteiger charge is 2.35. The first-order chi connectivity index (χ1) is 7.63. The third-order valence-electron chi connectivity index (χ3n) is 2.63. The Balaban J connectivity index is 4.35. The Bertz CT molecular complexity index is 241. The van der Waals surface area contributed by atoms with Gasteiger partial charge in [-0.15, -0.1) is 0 Å². The van der Waals surface area contributed by atoms with Gasteiger partial charge in [0.15, 0.2) is 5.40 Å². The van der Waals surface area contributed by atoms with E-state index in [4.69, 9.17) is 5.26 Å². The number of hydrogen-bond donors (Lipinski definition) is 0. The van der Waals surface area contributed by atoms with Crippen molar-refractivity contribution in [2.24, 2.45) is 0 Å². The van der Waals surface area contributed by atoms with E-state index in [2.05, 4.69) is 13.8 Å². The molecule has 16 heavy (non-hydrogen) atoms. The van der Waals surface area contributed by atoms with Gasteiger partial charge in [0.05, 0.1) is 4.33 Å². The molecule has 0 radical (unpaired) electrons. The van der Waals surface area contributed by atoms with Gasteiger partial charge in [-0.25, -0.2) is 0 Å². The lowest BCUT2D eigenvalue weighted by Gasteiger charge is -2.22. The Morgan fingerprint density at radius 2 is 1.56 bits per heavy atom. The van der Waals surface area contributed by atoms with Crippen LogP contribution in [0.15, 0.2) is 0 Å². The molecule has 0 aliphatic rings. The van der Waals surface area contributed by atoms with E-state index in [1.165, 1.54) is 0 Å². The quantitative estimate of drug-likeness (QED) is 0.268. The molecule has 0 atom stereocenters. The number of nitriles is 1. The fraction of sp³-hybridized carbons (Fsp3) is 0.909. The predicted octanol–water partition coefficient (Wildman–Crippen LogP) is 3.84. The van der Waals surface area contributed by atoms with Gasteiger partial charge in [0.25, 0.3) is 0 Å². The molecule has 0 N–H and O–H groups in total. The third kappa shape index (κ3) is 4.84. The minimum atomic E-state index is -2.27. The van der Waals surface area contributed by atoms with Crippen LogP contribution in [0.2, 0.25) is 0 Å². The first kappa shape index (κ1) is 15.2. The molecular weight excluding hydrogens is 224 g/mol. The van der Waals surface area contributed by atoms with Gasteiger partial charge in [-0.3, -0.25) is 10.1 Å². The monoisotopic (exact) mass is 246 g/mol. The van der Waals surface area contributed by atoms with E-state index in [0.717, 1.165) is 38.5 Å². The van der Waals surface area contributed by atoms with Crippen LogP contribution in [0, 0.1) is 20.8 Å². The summed E-state index contributed by atoms with van der Waals surface area (Å²) < 4.78 is -0.293. The van der Waals surface area contributed by atoms with Crippen molar-refractivity contribution in [2.45, 2.75) is 52.4 Å². The summed E-state index contributed by atoms with van der Waals surface area (Å²) in [5, 5.41) is 22.2. The van der Waals surface area contributed by atoms with Gasteiger partial charge in [-0.05, 0) is 12.8 Å². The van der Waals surface area contributed by atoms with Crippen LogP contribution in [0.4, 0.5) is 0 Å². The maximum Gasteiger partial charge on any atom is 0.179 e. The van der Waals surface area contributed by atoms with E-state index >= 15 is 0 Å². The van der Waals surface area contributed by atoms with Crippen molar-refractivity contribution in [3.05, 3.63) is 10.1 Å². The molecule has 0 saturated heterocycles. The summed E-state index contributed by atoms with van der Waals surface area (Å²) in [4.78, 5) is 11.1. The molecule has 0 saturated carbocycles. The Kier molecular flexibility index (Phi) is 8.00. The largest absolute Gasteiger partial charge is 0.251 e. The molecule has 4 nitrogen and oxygen atoms in total. The summed E-state index contributed by atoms with van der Waals surface area (Å²) in [5.41, 5.74) is 0. The number of nitro groups is 1. The molecule has 0 fully saturated rings. The molecule has 0 aromatic carbocycles. The number of hydrogen-bond acceptors (Lipinski definition) is 3. The van der Waals surface area contributed by atoms with Crippen LogP contribution < -0.4 is 0 Å². The maximum absolute atomic E-state index is 11.1. The van der Waals surface area contributed by atoms with Gasteiger partial charge in [0.2, 0.25) is 0 Å². The summed E-state index contributed by atoms with van der Waals surface area (Å²) in [6.07, 6.45) is 5.66. The summed E-state index contributed by atoms with van der Waals surface area (Å²) in [5.74, 6) is 0.960. The Hall–Kier alpha value is -0.760. The van der Waals surface area contributed by atoms with Crippen LogP contribution in [0.3, 0.4) is 0 Å². The van der Waals surface area contributed by atoms with Crippen LogP contribution >= 0.6 is 10.2 Å². The average molecular weight is 246 g/mol. The zero-order chi connectivity index (χ0) is 12.4. The molecule has 0 bridgehead atoms. The van der Waals surface area contributed by atoms with Crippen LogP contribution in [0.25, 0.3) is 0 Å². The second-order valence-electron chi connectivity index (χ2n) is 3.98. The van der Waals surface area contributed by atoms with Gasteiger partial charge in [0, 0.05) is 11.5 Å². The summed E-state index contributed by atoms with van der Waals surface area (Å²) in [6, 6.07) is 0. The van der Waals surface area contributed by atoms with Crippen molar-refractivity contribution < 1.29 is 4.33 Å². The zero-order valence-electron chi connectivity index (χ0n) is 10.3. The van der Waals surface area contributed by atoms with Gasteiger partial charge >= 0.3 is 0 Å². The molecule has 5 heteroatoms. The van der Waals surface area contributed by atoms with E-state index in [1.54, 1.807) is 0 Å². The van der Waals surface area contributed by atoms with Crippen LogP contribution in [-0.2, 0) is 0 Å². The molecule has 0 aliphatic carbocycles. The van der Waals surface area contributed by atoms with Crippen molar-refractivity contribution in [1.82, 2.24) is 0 Å². The van der Waals surface area contributed by atoms with E-state index in [-0.39, 0.29) is 4.33 Å². The van der Waals surface area contributed by atoms with Crippen molar-refractivity contribution in [1.29, 1.82) is 5.26 Å². The SMILES string of the molecule is CCCCCS(C#N)(CCCCC)[N+](=O)[O-]. The molecule has 0 unspecified atom stereocenters. The second kappa shape index (κ2) is 8.40. The van der Waals surface area contributed by atoms with Gasteiger partial charge in [-0.1, -0.05) is 39.5 Å². The van der Waals surface area contributed by atoms with Gasteiger partial charge in [0.1, 0.15) is 10.2 Å². The molecule has 0 aromatic rings. The topological polar surface area (TPSA) is 66.9 Å². The van der Waals surface area contributed by atoms with Crippen molar-refractivity contribution in [2.75, 3.05) is 11.5 Å². The lowest BCUT2D eigenvalue weighted by Crippen LogP contribution is -2.16. The lowest BCUT2D eigenvalue weighted by atomic mass is 10.3. The molecule has 0 heterocycles. The fourth-order valence-electron chi connectivity index (χ4n) is 1.56. The first-order valence-electron chi connectivity index (χ1n) is 5.97. The maximum atomic E-state index is 11.1. The molecule has 0 amide bonds. The predicted molar refractivity (Wildman–Crippen MR) is 69.0 cm³/mol. The molecule has 0 aromatic heterocycles. The average Bonchev–Trinajstić information content (AvgIpc) is 2.27. The minimum Gasteiger partial charge on any atom is -0.251 e. The molecule has 94 valence electrons. The van der Waals surface area contributed by atoms with E-state index in [0.29, 0.717) is 11.5 Å². The number of rotatable bonds is 9. The highest BCUT2D eigenvalue weighted by atomic mass is 32.3. The van der Waals surface area contributed by atoms with E-state index < -0.39 is 10.2 Å². The number of thiocyanates is 1. The molecule has 0 rings (SSSR count). The first-order valence-corrected chi connectivity index (χ1v) is 7.90. The minimum absolute atomic E-state index is 0.293. The number of nitrogens with zero attached hydrogens (tertiary/aromatic N) is 2. The number of unbranched alkanes of at least 4 members (excludes halogenated alkanes) is 4. The standard InChI is InChI=1S/C11H22N2O2S/c1-3-5-7-9-16(11-12,13(14)15)10-8-6-4-2/h3-10H2,1-2H3. The Morgan fingerprint density at radius 3 is 1.81 bits per heavy atom. The Morgan fingerprint density at radius 1 is 1.12 bits per heavy atom. The lowest BCUT2D eigenvalue weighted by molar-refractivity contribution is -0.294. The second-order valence-corrected chi connectivity index (χ2v) is 6.96. The smallest absolute Gasteiger partial charge is 0.179 e. The van der Waals surface area contributed by atoms with Crippen LogP contribution in [0.1, 0.15) is 52.4 Å². The molecular formula is C11H22N2O2S. The van der Waals surface area contributed by atoms with Gasteiger partial charge in [-0.2, -0.15) is 5.26 Å². The van der Waals surface area contributed by atoms with E-state index in [9.17, 15) is 10.1 Å². The molecule has 0 aliphatic heterocycles. The van der Waals surface area contributed by atoms with Crippen LogP contribution in [-0.4, -0.2) is 15.8 Å². The van der Waals surface area contributed by atoms with Gasteiger partial charge < -0.3 is 0 Å². The fourth-order valence-corrected chi connectivity index (χ4v) is 3.67. The highest BCUT2D eigenvalue weighted by molar-refractivity contribution is 8.32. The summed E-state index contributed by atoms with van der Waals surface area (Å²) in [7, 11) is -2.27. The molecule has 0 spiro atoms. The van der Waals surface area contributed by atoms with E-state index in [1.807, 2.05) is 5.40 Å². The van der Waals surface area contributed by atoms with Crippen molar-refractivity contribution in [3.8, 4) is 5.40 Å². The normalized spacial score (nSPS) is 12.1. The third-order valence-corrected chi connectivity index (χ3v) is 5.47. The Labute approximate surface area is 99.6 Å². The zero-order valence-corrected chi connectivity index (χ0v) is 11.1. The van der Waals surface area contributed by atoms with Crippen molar-refractivity contribution in [3.63, 3.8) is 0 Å². The summed E-state index contributed by atoms with van der Waals surface area (Å²) in [6.45, 7) is 4.12. The van der Waals surface area contributed by atoms with Crippen molar-refractivity contribution >= 4 is 10.2 Å². The highest BCUT2D eigenvalue weighted by Crippen LogP contribution is 2.48. The summed E-state index contributed by atoms with van der Waals surface area (Å²) >= 11 is 0. The van der Waals surface area contributed by atoms with Crippen LogP contribution in [0.5, 0.6) is 0 Å².